The van der Waals surface area contributed by atoms with Gasteiger partial charge in [0.15, 0.2) is 16.2 Å². The minimum absolute atomic E-state index is 0.114. The van der Waals surface area contributed by atoms with Gasteiger partial charge in [-0.2, -0.15) is 0 Å². The first-order valence-electron chi connectivity index (χ1n) is 8.37. The number of carbonyl (C=O) groups excluding carboxylic acids is 1. The van der Waals surface area contributed by atoms with Crippen molar-refractivity contribution in [3.8, 4) is 0 Å². The molecule has 5 nitrogen and oxygen atoms in total. The zero-order valence-electron chi connectivity index (χ0n) is 16.2. The first-order valence-corrected chi connectivity index (χ1v) is 21.7. The van der Waals surface area contributed by atoms with E-state index in [4.69, 9.17) is 17.7 Å². The van der Waals surface area contributed by atoms with Crippen LogP contribution >= 0.6 is 0 Å². The van der Waals surface area contributed by atoms with Crippen molar-refractivity contribution in [2.45, 2.75) is 77.5 Å². The number of hydrogen-bond acceptors (Lipinski definition) is 5. The summed E-state index contributed by atoms with van der Waals surface area (Å²) in [5.74, 6) is 0. The van der Waals surface area contributed by atoms with E-state index in [2.05, 4.69) is 58.9 Å². The molecule has 1 aliphatic heterocycles. The molecule has 1 heterocycles. The van der Waals surface area contributed by atoms with Crippen LogP contribution in [-0.4, -0.2) is 51.2 Å². The SMILES string of the molecule is C[Si](C)(C)O[Si](C)(C)O[Si](C)(CCC1COC(=O)O1)[Si](C)(C)C. The summed E-state index contributed by atoms with van der Waals surface area (Å²) >= 11 is 0. The van der Waals surface area contributed by atoms with Crippen molar-refractivity contribution in [1.29, 1.82) is 0 Å². The Labute approximate surface area is 145 Å². The second-order valence-corrected chi connectivity index (χ2v) is 32.8. The molecular formula is C14H34O5Si4. The molecular weight excluding hydrogens is 360 g/mol. The van der Waals surface area contributed by atoms with Crippen molar-refractivity contribution in [2.75, 3.05) is 6.61 Å². The predicted molar refractivity (Wildman–Crippen MR) is 104 cm³/mol. The average Bonchev–Trinajstić information content (AvgIpc) is 2.67. The highest BCUT2D eigenvalue weighted by Crippen LogP contribution is 2.32. The summed E-state index contributed by atoms with van der Waals surface area (Å²) in [7, 11) is -7.18. The Hall–Kier alpha value is 0.0575. The van der Waals surface area contributed by atoms with E-state index < -0.39 is 38.5 Å². The number of hydrogen-bond donors (Lipinski definition) is 0. The maximum absolute atomic E-state index is 11.1. The Balaban J connectivity index is 2.80. The highest BCUT2D eigenvalue weighted by atomic mass is 29.3. The number of rotatable bonds is 8. The molecule has 0 aromatic heterocycles. The third-order valence-corrected chi connectivity index (χ3v) is 28.0. The highest BCUT2D eigenvalue weighted by Gasteiger charge is 2.48. The summed E-state index contributed by atoms with van der Waals surface area (Å²) in [6.07, 6.45) is 0.178. The minimum atomic E-state index is -2.16. The summed E-state index contributed by atoms with van der Waals surface area (Å²) in [5, 5.41) is 0. The molecule has 2 atom stereocenters. The highest BCUT2D eigenvalue weighted by molar-refractivity contribution is 7.39. The van der Waals surface area contributed by atoms with Crippen LogP contribution in [-0.2, 0) is 17.7 Å². The summed E-state index contributed by atoms with van der Waals surface area (Å²) in [4.78, 5) is 11.1. The van der Waals surface area contributed by atoms with E-state index in [9.17, 15) is 4.79 Å². The van der Waals surface area contributed by atoms with Crippen LogP contribution in [0.5, 0.6) is 0 Å². The van der Waals surface area contributed by atoms with Gasteiger partial charge in [-0.25, -0.2) is 4.79 Å². The summed E-state index contributed by atoms with van der Waals surface area (Å²) in [6.45, 7) is 20.9. The standard InChI is InChI=1S/C14H34O5Si4/c1-20(2,3)18-22(7,8)19-23(9,21(4,5)6)11-10-13-12-16-14(15)17-13/h13H,10-12H2,1-9H3. The Bertz CT molecular complexity index is 430. The maximum atomic E-state index is 11.1. The lowest BCUT2D eigenvalue weighted by Gasteiger charge is -2.45. The molecule has 0 bridgehead atoms. The first-order chi connectivity index (χ1) is 10.1. The maximum Gasteiger partial charge on any atom is 0.508 e. The molecule has 2 unspecified atom stereocenters. The van der Waals surface area contributed by atoms with Gasteiger partial charge in [0, 0.05) is 0 Å². The Morgan fingerprint density at radius 3 is 1.96 bits per heavy atom. The molecule has 0 aliphatic carbocycles. The van der Waals surface area contributed by atoms with E-state index in [-0.39, 0.29) is 6.10 Å². The molecule has 136 valence electrons. The molecule has 1 saturated heterocycles. The molecule has 0 radical (unpaired) electrons. The molecule has 0 N–H and O–H groups in total. The number of ether oxygens (including phenoxy) is 2. The van der Waals surface area contributed by atoms with E-state index >= 15 is 0 Å². The van der Waals surface area contributed by atoms with Crippen LogP contribution in [0.1, 0.15) is 6.42 Å². The fourth-order valence-electron chi connectivity index (χ4n) is 2.82. The smallest absolute Gasteiger partial charge is 0.439 e. The van der Waals surface area contributed by atoms with Gasteiger partial charge in [0.05, 0.1) is 7.59 Å². The lowest BCUT2D eigenvalue weighted by molar-refractivity contribution is 0.117. The van der Waals surface area contributed by atoms with Gasteiger partial charge in [-0.3, -0.25) is 0 Å². The lowest BCUT2D eigenvalue weighted by atomic mass is 10.3. The Kier molecular flexibility index (Phi) is 6.53. The molecule has 0 spiro atoms. The van der Waals surface area contributed by atoms with Gasteiger partial charge >= 0.3 is 14.7 Å². The summed E-state index contributed by atoms with van der Waals surface area (Å²) in [6, 6.07) is 0.996. The van der Waals surface area contributed by atoms with Crippen LogP contribution in [0.4, 0.5) is 4.79 Å². The summed E-state index contributed by atoms with van der Waals surface area (Å²) < 4.78 is 23.3. The van der Waals surface area contributed by atoms with Crippen molar-refractivity contribution >= 4 is 38.5 Å². The topological polar surface area (TPSA) is 54.0 Å². The molecule has 0 saturated carbocycles. The molecule has 0 aromatic rings. The number of carbonyl (C=O) groups is 1. The largest absolute Gasteiger partial charge is 0.508 e. The van der Waals surface area contributed by atoms with E-state index in [1.54, 1.807) is 0 Å². The van der Waals surface area contributed by atoms with Crippen LogP contribution in [0.15, 0.2) is 0 Å². The zero-order valence-corrected chi connectivity index (χ0v) is 20.2. The van der Waals surface area contributed by atoms with Crippen LogP contribution in [0.2, 0.25) is 65.0 Å². The Morgan fingerprint density at radius 1 is 1.00 bits per heavy atom. The van der Waals surface area contributed by atoms with Gasteiger partial charge in [-0.1, -0.05) is 19.6 Å². The van der Waals surface area contributed by atoms with Crippen LogP contribution in [0, 0.1) is 0 Å². The lowest BCUT2D eigenvalue weighted by Crippen LogP contribution is -2.63. The third-order valence-electron chi connectivity index (χ3n) is 4.20. The second-order valence-electron chi connectivity index (χ2n) is 9.04. The normalized spacial score (nSPS) is 22.5. The summed E-state index contributed by atoms with van der Waals surface area (Å²) in [5.41, 5.74) is 0. The van der Waals surface area contributed by atoms with Gasteiger partial charge in [-0.15, -0.1) is 0 Å². The molecule has 9 heteroatoms. The third kappa shape index (κ3) is 6.83. The van der Waals surface area contributed by atoms with Crippen LogP contribution in [0.25, 0.3) is 0 Å². The van der Waals surface area contributed by atoms with Crippen LogP contribution in [0.3, 0.4) is 0 Å². The van der Waals surface area contributed by atoms with E-state index in [0.717, 1.165) is 12.5 Å². The van der Waals surface area contributed by atoms with E-state index in [0.29, 0.717) is 6.61 Å². The van der Waals surface area contributed by atoms with Crippen molar-refractivity contribution in [3.05, 3.63) is 0 Å². The average molecular weight is 395 g/mol. The van der Waals surface area contributed by atoms with Crippen molar-refractivity contribution < 1.29 is 22.5 Å². The predicted octanol–water partition coefficient (Wildman–Crippen LogP) is 4.47. The molecule has 23 heavy (non-hydrogen) atoms. The fraction of sp³-hybridized carbons (Fsp3) is 0.929. The number of cyclic esters (lactones) is 2. The van der Waals surface area contributed by atoms with E-state index in [1.807, 2.05) is 0 Å². The molecule has 1 aliphatic rings. The van der Waals surface area contributed by atoms with Crippen molar-refractivity contribution in [2.24, 2.45) is 0 Å². The van der Waals surface area contributed by atoms with Crippen molar-refractivity contribution in [1.82, 2.24) is 0 Å². The zero-order chi connectivity index (χ0) is 18.1. The molecule has 1 rings (SSSR count). The molecule has 0 amide bonds. The first kappa shape index (κ1) is 21.1. The van der Waals surface area contributed by atoms with E-state index in [1.165, 1.54) is 0 Å². The minimum Gasteiger partial charge on any atom is -0.439 e. The quantitative estimate of drug-likeness (QED) is 0.449. The van der Waals surface area contributed by atoms with Gasteiger partial charge in [0.2, 0.25) is 0 Å². The second kappa shape index (κ2) is 7.12. The van der Waals surface area contributed by atoms with Gasteiger partial charge in [0.25, 0.3) is 0 Å². The molecule has 0 aromatic carbocycles. The van der Waals surface area contributed by atoms with Gasteiger partial charge < -0.3 is 17.7 Å². The van der Waals surface area contributed by atoms with Gasteiger partial charge in [-0.05, 0) is 51.7 Å². The van der Waals surface area contributed by atoms with Crippen LogP contribution < -0.4 is 0 Å². The fourth-order valence-corrected chi connectivity index (χ4v) is 24.5. The molecule has 1 fully saturated rings. The monoisotopic (exact) mass is 394 g/mol. The Morgan fingerprint density at radius 2 is 1.57 bits per heavy atom. The van der Waals surface area contributed by atoms with Crippen molar-refractivity contribution in [3.63, 3.8) is 0 Å². The van der Waals surface area contributed by atoms with Gasteiger partial charge in [0.1, 0.15) is 12.7 Å².